The highest BCUT2D eigenvalue weighted by atomic mass is 35.5. The normalized spacial score (nSPS) is 17.7. The molecule has 9 heteroatoms. The van der Waals surface area contributed by atoms with Gasteiger partial charge in [0.2, 0.25) is 0 Å². The zero-order chi connectivity index (χ0) is 24.4. The van der Waals surface area contributed by atoms with Gasteiger partial charge >= 0.3 is 0 Å². The summed E-state index contributed by atoms with van der Waals surface area (Å²) in [6.07, 6.45) is 2.55. The molecule has 3 aromatic rings. The molecule has 186 valence electrons. The summed E-state index contributed by atoms with van der Waals surface area (Å²) in [7, 11) is 1.60. The smallest absolute Gasteiger partial charge is 0.159 e. The Morgan fingerprint density at radius 1 is 0.914 bits per heavy atom. The quantitative estimate of drug-likeness (QED) is 0.473. The molecule has 0 unspecified atom stereocenters. The van der Waals surface area contributed by atoms with Crippen LogP contribution in [0.5, 0.6) is 5.75 Å². The minimum absolute atomic E-state index is 0.216. The largest absolute Gasteiger partial charge is 0.495 e. The van der Waals surface area contributed by atoms with E-state index in [-0.39, 0.29) is 12.2 Å². The van der Waals surface area contributed by atoms with Crippen molar-refractivity contribution in [3.05, 3.63) is 47.0 Å². The molecule has 8 nitrogen and oxygen atoms in total. The zero-order valence-corrected chi connectivity index (χ0v) is 20.7. The molecule has 2 fully saturated rings. The van der Waals surface area contributed by atoms with Crippen molar-refractivity contribution >= 4 is 39.7 Å². The van der Waals surface area contributed by atoms with Gasteiger partial charge in [-0.25, -0.2) is 0 Å². The number of nitrogens with one attached hydrogen (secondary N) is 1. The molecule has 3 N–H and O–H groups in total. The number of benzene rings is 2. The lowest BCUT2D eigenvalue weighted by Gasteiger charge is -2.33. The first-order chi connectivity index (χ1) is 17.0. The van der Waals surface area contributed by atoms with Crippen molar-refractivity contribution < 1.29 is 14.9 Å². The first-order valence-corrected chi connectivity index (χ1v) is 12.6. The van der Waals surface area contributed by atoms with Gasteiger partial charge in [-0.3, -0.25) is 0 Å². The Bertz CT molecular complexity index is 1180. The number of methoxy groups -OCH3 is 1. The van der Waals surface area contributed by atoms with Gasteiger partial charge in [-0.15, -0.1) is 10.2 Å². The van der Waals surface area contributed by atoms with Crippen molar-refractivity contribution in [1.82, 2.24) is 10.2 Å². The van der Waals surface area contributed by atoms with Crippen LogP contribution in [-0.4, -0.2) is 65.9 Å². The molecule has 0 saturated carbocycles. The van der Waals surface area contributed by atoms with Gasteiger partial charge < -0.3 is 30.1 Å². The number of aliphatic hydroxyl groups excluding tert-OH is 2. The van der Waals surface area contributed by atoms with Gasteiger partial charge in [0.15, 0.2) is 11.6 Å². The van der Waals surface area contributed by atoms with Crippen LogP contribution in [0.1, 0.15) is 31.2 Å². The topological polar surface area (TPSA) is 94.0 Å². The first-order valence-electron chi connectivity index (χ1n) is 12.2. The molecule has 0 atom stereocenters. The van der Waals surface area contributed by atoms with E-state index < -0.39 is 0 Å². The highest BCUT2D eigenvalue weighted by Gasteiger charge is 2.23. The predicted molar refractivity (Wildman–Crippen MR) is 140 cm³/mol. The van der Waals surface area contributed by atoms with Crippen LogP contribution in [0.15, 0.2) is 36.4 Å². The Morgan fingerprint density at radius 3 is 2.26 bits per heavy atom. The van der Waals surface area contributed by atoms with E-state index in [1.54, 1.807) is 7.11 Å². The molecule has 5 rings (SSSR count). The minimum Gasteiger partial charge on any atom is -0.495 e. The summed E-state index contributed by atoms with van der Waals surface area (Å²) in [6, 6.07) is 12.2. The van der Waals surface area contributed by atoms with Crippen LogP contribution >= 0.6 is 11.6 Å². The summed E-state index contributed by atoms with van der Waals surface area (Å²) in [6.45, 7) is 3.72. The molecule has 2 aliphatic heterocycles. The summed E-state index contributed by atoms with van der Waals surface area (Å²) < 4.78 is 5.26. The van der Waals surface area contributed by atoms with Gasteiger partial charge in [0, 0.05) is 49.2 Å². The Labute approximate surface area is 210 Å². The SMILES string of the molecule is COc1ccc(CNc2nnc(N3CCC(O)CC3)c3ccc(N4CCC(O)CC4)cc23)cc1Cl. The van der Waals surface area contributed by atoms with Crippen LogP contribution in [-0.2, 0) is 6.54 Å². The Hall–Kier alpha value is -2.81. The van der Waals surface area contributed by atoms with E-state index in [0.717, 1.165) is 79.7 Å². The van der Waals surface area contributed by atoms with E-state index in [1.165, 1.54) is 0 Å². The molecule has 2 saturated heterocycles. The van der Waals surface area contributed by atoms with Gasteiger partial charge in [-0.1, -0.05) is 17.7 Å². The number of anilines is 3. The van der Waals surface area contributed by atoms with Gasteiger partial charge in [0.1, 0.15) is 5.75 Å². The van der Waals surface area contributed by atoms with Crippen LogP contribution in [0, 0.1) is 0 Å². The number of fused-ring (bicyclic) bond motifs is 1. The molecule has 0 radical (unpaired) electrons. The molecular weight excluding hydrogens is 466 g/mol. The first kappa shape index (κ1) is 23.9. The van der Waals surface area contributed by atoms with E-state index in [1.807, 2.05) is 18.2 Å². The number of piperidine rings is 2. The number of nitrogens with zero attached hydrogens (tertiary/aromatic N) is 4. The predicted octanol–water partition coefficient (Wildman–Crippen LogP) is 3.83. The third-order valence-electron chi connectivity index (χ3n) is 7.01. The van der Waals surface area contributed by atoms with Crippen molar-refractivity contribution in [2.24, 2.45) is 0 Å². The molecule has 2 aliphatic rings. The summed E-state index contributed by atoms with van der Waals surface area (Å²) in [5.74, 6) is 2.21. The molecule has 0 aliphatic carbocycles. The van der Waals surface area contributed by atoms with Crippen LogP contribution in [0.3, 0.4) is 0 Å². The second kappa shape index (κ2) is 10.4. The van der Waals surface area contributed by atoms with Crippen LogP contribution < -0.4 is 19.9 Å². The maximum absolute atomic E-state index is 9.95. The maximum Gasteiger partial charge on any atom is 0.159 e. The van der Waals surface area contributed by atoms with Crippen molar-refractivity contribution in [1.29, 1.82) is 0 Å². The lowest BCUT2D eigenvalue weighted by molar-refractivity contribution is 0.145. The highest BCUT2D eigenvalue weighted by molar-refractivity contribution is 6.32. The Balaban J connectivity index is 1.47. The van der Waals surface area contributed by atoms with Gasteiger partial charge in [-0.2, -0.15) is 0 Å². The standard InChI is InChI=1S/C26H32ClN5O3/c1-35-24-5-2-17(14-23(24)27)16-28-25-22-15-18(31-10-6-19(33)7-11-31)3-4-21(22)26(30-29-25)32-12-8-20(34)9-13-32/h2-5,14-15,19-20,33-34H,6-13,16H2,1H3,(H,28,29). The fraction of sp³-hybridized carbons (Fsp3) is 0.462. The zero-order valence-electron chi connectivity index (χ0n) is 20.0. The van der Waals surface area contributed by atoms with Gasteiger partial charge in [0.25, 0.3) is 0 Å². The fourth-order valence-corrected chi connectivity index (χ4v) is 5.18. The van der Waals surface area contributed by atoms with Crippen LogP contribution in [0.4, 0.5) is 17.3 Å². The van der Waals surface area contributed by atoms with E-state index >= 15 is 0 Å². The monoisotopic (exact) mass is 497 g/mol. The second-order valence-electron chi connectivity index (χ2n) is 9.36. The molecule has 35 heavy (non-hydrogen) atoms. The van der Waals surface area contributed by atoms with Gasteiger partial charge in [0.05, 0.1) is 24.3 Å². The minimum atomic E-state index is -0.246. The number of aromatic nitrogens is 2. The van der Waals surface area contributed by atoms with E-state index in [4.69, 9.17) is 16.3 Å². The highest BCUT2D eigenvalue weighted by Crippen LogP contribution is 2.34. The lowest BCUT2D eigenvalue weighted by Crippen LogP contribution is -2.36. The molecule has 1 aromatic heterocycles. The molecule has 2 aromatic carbocycles. The van der Waals surface area contributed by atoms with Crippen molar-refractivity contribution in [3.8, 4) is 5.75 Å². The third kappa shape index (κ3) is 5.24. The summed E-state index contributed by atoms with van der Waals surface area (Å²) in [5, 5.41) is 35.1. The molecule has 0 bridgehead atoms. The Kier molecular flexibility index (Phi) is 7.13. The average molecular weight is 498 g/mol. The third-order valence-corrected chi connectivity index (χ3v) is 7.31. The number of hydrogen-bond acceptors (Lipinski definition) is 8. The fourth-order valence-electron chi connectivity index (χ4n) is 4.90. The van der Waals surface area contributed by atoms with Gasteiger partial charge in [-0.05, 0) is 61.6 Å². The number of halogens is 1. The van der Waals surface area contributed by atoms with E-state index in [9.17, 15) is 10.2 Å². The second-order valence-corrected chi connectivity index (χ2v) is 9.77. The van der Waals surface area contributed by atoms with Crippen LogP contribution in [0.2, 0.25) is 5.02 Å². The summed E-state index contributed by atoms with van der Waals surface area (Å²) in [5.41, 5.74) is 2.13. The molecule has 3 heterocycles. The average Bonchev–Trinajstić information content (AvgIpc) is 2.88. The molecular formula is C26H32ClN5O3. The number of hydrogen-bond donors (Lipinski definition) is 3. The molecule has 0 spiro atoms. The number of aliphatic hydroxyl groups is 2. The summed E-state index contributed by atoms with van der Waals surface area (Å²) in [4.78, 5) is 4.53. The molecule has 0 amide bonds. The van der Waals surface area contributed by atoms with E-state index in [0.29, 0.717) is 23.1 Å². The number of rotatable bonds is 6. The van der Waals surface area contributed by atoms with Crippen LogP contribution in [0.25, 0.3) is 10.8 Å². The van der Waals surface area contributed by atoms with Crippen molar-refractivity contribution in [3.63, 3.8) is 0 Å². The maximum atomic E-state index is 9.95. The van der Waals surface area contributed by atoms with Crippen molar-refractivity contribution in [2.75, 3.05) is 48.4 Å². The van der Waals surface area contributed by atoms with Crippen molar-refractivity contribution in [2.45, 2.75) is 44.4 Å². The number of ether oxygens (including phenoxy) is 1. The lowest BCUT2D eigenvalue weighted by atomic mass is 10.0. The summed E-state index contributed by atoms with van der Waals surface area (Å²) >= 11 is 6.31. The van der Waals surface area contributed by atoms with E-state index in [2.05, 4.69) is 43.5 Å². The Morgan fingerprint density at radius 2 is 1.60 bits per heavy atom.